The number of hydrogen-bond donors (Lipinski definition) is 1. The molecule has 0 saturated carbocycles. The number of carbonyl (C=O) groups is 2. The van der Waals surface area contributed by atoms with E-state index in [9.17, 15) is 9.59 Å². The lowest BCUT2D eigenvalue weighted by molar-refractivity contribution is -0.132. The van der Waals surface area contributed by atoms with Gasteiger partial charge in [0.1, 0.15) is 11.1 Å². The van der Waals surface area contributed by atoms with E-state index in [1.165, 1.54) is 0 Å². The summed E-state index contributed by atoms with van der Waals surface area (Å²) >= 11 is 5.84. The Balaban J connectivity index is 2.04. The Bertz CT molecular complexity index is 571. The van der Waals surface area contributed by atoms with Crippen LogP contribution in [-0.4, -0.2) is 41.8 Å². The van der Waals surface area contributed by atoms with E-state index in [-0.39, 0.29) is 24.5 Å². The van der Waals surface area contributed by atoms with Gasteiger partial charge in [0.25, 0.3) is 5.91 Å². The van der Waals surface area contributed by atoms with Crippen molar-refractivity contribution in [3.8, 4) is 5.75 Å². The first kappa shape index (κ1) is 18.6. The smallest absolute Gasteiger partial charge is 0.260 e. The number of hydrogen-bond acceptors (Lipinski definition) is 3. The lowest BCUT2D eigenvalue weighted by Gasteiger charge is -2.22. The number of benzene rings is 1. The monoisotopic (exact) mass is 352 g/mol. The molecule has 0 bridgehead atoms. The summed E-state index contributed by atoms with van der Waals surface area (Å²) in [5, 5.41) is 2.33. The van der Waals surface area contributed by atoms with Crippen molar-refractivity contribution in [3.05, 3.63) is 29.8 Å². The van der Waals surface area contributed by atoms with E-state index in [1.807, 2.05) is 36.1 Å². The first-order valence-corrected chi connectivity index (χ1v) is 8.90. The predicted molar refractivity (Wildman–Crippen MR) is 94.2 cm³/mol. The van der Waals surface area contributed by atoms with Gasteiger partial charge in [-0.25, -0.2) is 0 Å². The fourth-order valence-electron chi connectivity index (χ4n) is 2.78. The number of nitrogens with zero attached hydrogens (tertiary/aromatic N) is 1. The zero-order valence-electron chi connectivity index (χ0n) is 14.3. The predicted octanol–water partition coefficient (Wildman–Crippen LogP) is 2.88. The molecule has 24 heavy (non-hydrogen) atoms. The second kappa shape index (κ2) is 8.92. The van der Waals surface area contributed by atoms with Crippen LogP contribution >= 0.6 is 11.6 Å². The summed E-state index contributed by atoms with van der Waals surface area (Å²) < 4.78 is 5.76. The molecule has 1 heterocycles. The van der Waals surface area contributed by atoms with Crippen LogP contribution in [0.5, 0.6) is 5.75 Å². The summed E-state index contributed by atoms with van der Waals surface area (Å²) in [6.45, 7) is 5.26. The van der Waals surface area contributed by atoms with E-state index in [0.717, 1.165) is 31.5 Å². The van der Waals surface area contributed by atoms with Crippen LogP contribution in [0.3, 0.4) is 0 Å². The molecule has 1 aliphatic rings. The Morgan fingerprint density at radius 1 is 1.29 bits per heavy atom. The Morgan fingerprint density at radius 2 is 1.96 bits per heavy atom. The molecule has 1 saturated heterocycles. The minimum Gasteiger partial charge on any atom is -0.483 e. The average Bonchev–Trinajstić information content (AvgIpc) is 3.12. The summed E-state index contributed by atoms with van der Waals surface area (Å²) in [6, 6.07) is 7.28. The van der Waals surface area contributed by atoms with Crippen molar-refractivity contribution < 1.29 is 14.3 Å². The molecule has 2 unspecified atom stereocenters. The SMILES string of the molecule is CCC(NC(=O)C(C)Cl)c1ccccc1OCC(=O)N1CCCC1. The normalized spacial score (nSPS) is 16.5. The molecule has 2 amide bonds. The van der Waals surface area contributed by atoms with Gasteiger partial charge in [0.05, 0.1) is 6.04 Å². The van der Waals surface area contributed by atoms with Crippen LogP contribution in [-0.2, 0) is 9.59 Å². The lowest BCUT2D eigenvalue weighted by Crippen LogP contribution is -2.34. The van der Waals surface area contributed by atoms with Gasteiger partial charge >= 0.3 is 0 Å². The molecular formula is C18H25ClN2O3. The molecule has 0 aliphatic carbocycles. The first-order chi connectivity index (χ1) is 11.5. The van der Waals surface area contributed by atoms with Crippen LogP contribution in [0.4, 0.5) is 0 Å². The van der Waals surface area contributed by atoms with E-state index >= 15 is 0 Å². The molecule has 0 spiro atoms. The van der Waals surface area contributed by atoms with Gasteiger partial charge in [0, 0.05) is 18.7 Å². The number of ether oxygens (including phenoxy) is 1. The van der Waals surface area contributed by atoms with Gasteiger partial charge in [0.2, 0.25) is 5.91 Å². The van der Waals surface area contributed by atoms with Crippen molar-refractivity contribution in [2.45, 2.75) is 44.5 Å². The summed E-state index contributed by atoms with van der Waals surface area (Å²) in [7, 11) is 0. The highest BCUT2D eigenvalue weighted by atomic mass is 35.5. The van der Waals surface area contributed by atoms with E-state index in [1.54, 1.807) is 6.92 Å². The number of amides is 2. The minimum atomic E-state index is -0.594. The maximum atomic E-state index is 12.2. The van der Waals surface area contributed by atoms with Gasteiger partial charge < -0.3 is 15.0 Å². The second-order valence-electron chi connectivity index (χ2n) is 6.00. The fraction of sp³-hybridized carbons (Fsp3) is 0.556. The highest BCUT2D eigenvalue weighted by molar-refractivity contribution is 6.30. The summed E-state index contributed by atoms with van der Waals surface area (Å²) in [4.78, 5) is 25.9. The molecular weight excluding hydrogens is 328 g/mol. The third-order valence-corrected chi connectivity index (χ3v) is 4.39. The maximum Gasteiger partial charge on any atom is 0.260 e. The van der Waals surface area contributed by atoms with Crippen molar-refractivity contribution in [1.29, 1.82) is 0 Å². The van der Waals surface area contributed by atoms with Crippen LogP contribution in [0.1, 0.15) is 44.7 Å². The Kier molecular flexibility index (Phi) is 6.91. The molecule has 1 aliphatic heterocycles. The first-order valence-electron chi connectivity index (χ1n) is 8.46. The van der Waals surface area contributed by atoms with Crippen LogP contribution in [0.15, 0.2) is 24.3 Å². The quantitative estimate of drug-likeness (QED) is 0.768. The molecule has 0 aromatic heterocycles. The van der Waals surface area contributed by atoms with E-state index in [2.05, 4.69) is 5.32 Å². The third kappa shape index (κ3) is 4.87. The topological polar surface area (TPSA) is 58.6 Å². The summed E-state index contributed by atoms with van der Waals surface area (Å²) in [6.07, 6.45) is 2.82. The van der Waals surface area contributed by atoms with E-state index < -0.39 is 5.38 Å². The molecule has 2 atom stereocenters. The molecule has 1 aromatic rings. The zero-order chi connectivity index (χ0) is 17.5. The molecule has 6 heteroatoms. The number of rotatable bonds is 7. The lowest BCUT2D eigenvalue weighted by atomic mass is 10.0. The standard InChI is InChI=1S/C18H25ClN2O3/c1-3-15(20-18(23)13(2)19)14-8-4-5-9-16(14)24-12-17(22)21-10-6-7-11-21/h4-5,8-9,13,15H,3,6-7,10-12H2,1-2H3,(H,20,23). The van der Waals surface area contributed by atoms with Crippen molar-refractivity contribution in [1.82, 2.24) is 10.2 Å². The Labute approximate surface area is 148 Å². The van der Waals surface area contributed by atoms with Gasteiger partial charge in [-0.3, -0.25) is 9.59 Å². The zero-order valence-corrected chi connectivity index (χ0v) is 15.0. The van der Waals surface area contributed by atoms with Crippen molar-refractivity contribution in [2.75, 3.05) is 19.7 Å². The van der Waals surface area contributed by atoms with Gasteiger partial charge in [0.15, 0.2) is 6.61 Å². The Hall–Kier alpha value is -1.75. The highest BCUT2D eigenvalue weighted by Gasteiger charge is 2.21. The number of nitrogens with one attached hydrogen (secondary N) is 1. The van der Waals surface area contributed by atoms with Crippen LogP contribution in [0, 0.1) is 0 Å². The van der Waals surface area contributed by atoms with Crippen molar-refractivity contribution in [3.63, 3.8) is 0 Å². The van der Waals surface area contributed by atoms with Crippen molar-refractivity contribution in [2.24, 2.45) is 0 Å². The average molecular weight is 353 g/mol. The van der Waals surface area contributed by atoms with Crippen molar-refractivity contribution >= 4 is 23.4 Å². The van der Waals surface area contributed by atoms with Crippen LogP contribution in [0.2, 0.25) is 0 Å². The molecule has 1 fully saturated rings. The summed E-state index contributed by atoms with van der Waals surface area (Å²) in [5.41, 5.74) is 0.861. The Morgan fingerprint density at radius 3 is 2.58 bits per heavy atom. The van der Waals surface area contributed by atoms with E-state index in [0.29, 0.717) is 12.2 Å². The van der Waals surface area contributed by atoms with Gasteiger partial charge in [-0.05, 0) is 32.3 Å². The third-order valence-electron chi connectivity index (χ3n) is 4.19. The number of halogens is 1. The number of alkyl halides is 1. The molecule has 2 rings (SSSR count). The second-order valence-corrected chi connectivity index (χ2v) is 6.65. The van der Waals surface area contributed by atoms with E-state index in [4.69, 9.17) is 16.3 Å². The molecule has 5 nitrogen and oxygen atoms in total. The molecule has 0 radical (unpaired) electrons. The highest BCUT2D eigenvalue weighted by Crippen LogP contribution is 2.27. The molecule has 132 valence electrons. The maximum absolute atomic E-state index is 12.2. The minimum absolute atomic E-state index is 0.00812. The fourth-order valence-corrected chi connectivity index (χ4v) is 2.85. The van der Waals surface area contributed by atoms with Crippen LogP contribution in [0.25, 0.3) is 0 Å². The number of para-hydroxylation sites is 1. The molecule has 1 aromatic carbocycles. The summed E-state index contributed by atoms with van der Waals surface area (Å²) in [5.74, 6) is 0.416. The molecule has 1 N–H and O–H groups in total. The largest absolute Gasteiger partial charge is 0.483 e. The van der Waals surface area contributed by atoms with Gasteiger partial charge in [-0.1, -0.05) is 25.1 Å². The van der Waals surface area contributed by atoms with Crippen LogP contribution < -0.4 is 10.1 Å². The number of carbonyl (C=O) groups excluding carboxylic acids is 2. The van der Waals surface area contributed by atoms with Gasteiger partial charge in [-0.15, -0.1) is 11.6 Å². The van der Waals surface area contributed by atoms with Gasteiger partial charge in [-0.2, -0.15) is 0 Å². The number of likely N-dealkylation sites (tertiary alicyclic amines) is 1.